The molecule has 1 aliphatic rings. The normalized spacial score (nSPS) is 21.1. The first kappa shape index (κ1) is 9.52. The molecule has 70 valence electrons. The molecule has 0 aromatic heterocycles. The van der Waals surface area contributed by atoms with E-state index in [4.69, 9.17) is 5.73 Å². The van der Waals surface area contributed by atoms with E-state index in [-0.39, 0.29) is 11.9 Å². The van der Waals surface area contributed by atoms with Crippen LogP contribution in [0.3, 0.4) is 0 Å². The summed E-state index contributed by atoms with van der Waals surface area (Å²) in [6.45, 7) is 2.77. The lowest BCUT2D eigenvalue weighted by Gasteiger charge is -2.13. The van der Waals surface area contributed by atoms with Gasteiger partial charge in [-0.15, -0.1) is 0 Å². The quantitative estimate of drug-likeness (QED) is 0.650. The van der Waals surface area contributed by atoms with Gasteiger partial charge in [-0.3, -0.25) is 4.79 Å². The summed E-state index contributed by atoms with van der Waals surface area (Å²) >= 11 is 0. The van der Waals surface area contributed by atoms with Crippen molar-refractivity contribution in [1.29, 1.82) is 0 Å². The van der Waals surface area contributed by atoms with Gasteiger partial charge in [-0.25, -0.2) is 0 Å². The van der Waals surface area contributed by atoms with Gasteiger partial charge in [-0.2, -0.15) is 0 Å². The third-order valence-electron chi connectivity index (χ3n) is 2.61. The third-order valence-corrected chi connectivity index (χ3v) is 2.61. The summed E-state index contributed by atoms with van der Waals surface area (Å²) in [4.78, 5) is 10.7. The molecular formula is C9H18N2O. The monoisotopic (exact) mass is 170 g/mol. The number of rotatable bonds is 4. The van der Waals surface area contributed by atoms with Crippen LogP contribution in [-0.2, 0) is 4.79 Å². The predicted molar refractivity (Wildman–Crippen MR) is 48.6 cm³/mol. The SMILES string of the molecule is CC(NCC1CCCC1)C(N)=O. The maximum Gasteiger partial charge on any atom is 0.234 e. The van der Waals surface area contributed by atoms with E-state index >= 15 is 0 Å². The summed E-state index contributed by atoms with van der Waals surface area (Å²) < 4.78 is 0. The molecule has 0 bridgehead atoms. The van der Waals surface area contributed by atoms with Crippen LogP contribution in [0.4, 0.5) is 0 Å². The van der Waals surface area contributed by atoms with E-state index in [0.717, 1.165) is 12.5 Å². The molecule has 1 rings (SSSR count). The number of hydrogen-bond donors (Lipinski definition) is 2. The second-order valence-corrected chi connectivity index (χ2v) is 3.68. The highest BCUT2D eigenvalue weighted by Crippen LogP contribution is 2.23. The van der Waals surface area contributed by atoms with E-state index < -0.39 is 0 Å². The van der Waals surface area contributed by atoms with Gasteiger partial charge in [-0.05, 0) is 32.2 Å². The second-order valence-electron chi connectivity index (χ2n) is 3.68. The average Bonchev–Trinajstić information content (AvgIpc) is 2.51. The van der Waals surface area contributed by atoms with E-state index in [1.807, 2.05) is 6.92 Å². The Bertz CT molecular complexity index is 153. The number of carbonyl (C=O) groups excluding carboxylic acids is 1. The van der Waals surface area contributed by atoms with E-state index in [1.165, 1.54) is 25.7 Å². The van der Waals surface area contributed by atoms with Crippen LogP contribution >= 0.6 is 0 Å². The van der Waals surface area contributed by atoms with Crippen molar-refractivity contribution in [2.75, 3.05) is 6.54 Å². The van der Waals surface area contributed by atoms with Gasteiger partial charge in [0.05, 0.1) is 6.04 Å². The highest BCUT2D eigenvalue weighted by molar-refractivity contribution is 5.79. The van der Waals surface area contributed by atoms with Gasteiger partial charge >= 0.3 is 0 Å². The van der Waals surface area contributed by atoms with Gasteiger partial charge < -0.3 is 11.1 Å². The molecule has 3 heteroatoms. The number of carbonyl (C=O) groups is 1. The summed E-state index contributed by atoms with van der Waals surface area (Å²) in [7, 11) is 0. The van der Waals surface area contributed by atoms with Crippen LogP contribution in [0.15, 0.2) is 0 Å². The topological polar surface area (TPSA) is 55.1 Å². The first-order valence-corrected chi connectivity index (χ1v) is 4.73. The first-order valence-electron chi connectivity index (χ1n) is 4.73. The van der Waals surface area contributed by atoms with Crippen molar-refractivity contribution in [2.45, 2.75) is 38.6 Å². The smallest absolute Gasteiger partial charge is 0.234 e. The molecule has 1 unspecified atom stereocenters. The lowest BCUT2D eigenvalue weighted by atomic mass is 10.1. The van der Waals surface area contributed by atoms with Crippen molar-refractivity contribution < 1.29 is 4.79 Å². The molecule has 1 atom stereocenters. The van der Waals surface area contributed by atoms with Crippen molar-refractivity contribution in [2.24, 2.45) is 11.7 Å². The predicted octanol–water partition coefficient (Wildman–Crippen LogP) is 0.640. The third kappa shape index (κ3) is 2.81. The van der Waals surface area contributed by atoms with Crippen LogP contribution in [0.5, 0.6) is 0 Å². The molecule has 0 radical (unpaired) electrons. The number of nitrogens with two attached hydrogens (primary N) is 1. The van der Waals surface area contributed by atoms with E-state index in [0.29, 0.717) is 0 Å². The Hall–Kier alpha value is -0.570. The molecule has 0 heterocycles. The Kier molecular flexibility index (Phi) is 3.53. The standard InChI is InChI=1S/C9H18N2O/c1-7(9(10)12)11-6-8-4-2-3-5-8/h7-8,11H,2-6H2,1H3,(H2,10,12). The van der Waals surface area contributed by atoms with Crippen molar-refractivity contribution in [3.8, 4) is 0 Å². The van der Waals surface area contributed by atoms with Gasteiger partial charge in [0.1, 0.15) is 0 Å². The minimum absolute atomic E-state index is 0.175. The van der Waals surface area contributed by atoms with Crippen LogP contribution in [0.2, 0.25) is 0 Å². The average molecular weight is 170 g/mol. The highest BCUT2D eigenvalue weighted by Gasteiger charge is 2.16. The molecule has 0 spiro atoms. The zero-order valence-electron chi connectivity index (χ0n) is 7.68. The van der Waals surface area contributed by atoms with Crippen molar-refractivity contribution in [3.63, 3.8) is 0 Å². The maximum absolute atomic E-state index is 10.7. The molecule has 0 aromatic carbocycles. The lowest BCUT2D eigenvalue weighted by Crippen LogP contribution is -2.40. The fourth-order valence-corrected chi connectivity index (χ4v) is 1.66. The molecule has 3 nitrogen and oxygen atoms in total. The second kappa shape index (κ2) is 4.45. The summed E-state index contributed by atoms with van der Waals surface area (Å²) in [6.07, 6.45) is 5.30. The van der Waals surface area contributed by atoms with Gasteiger partial charge in [0, 0.05) is 0 Å². The zero-order chi connectivity index (χ0) is 8.97. The Labute approximate surface area is 73.7 Å². The first-order chi connectivity index (χ1) is 5.70. The van der Waals surface area contributed by atoms with E-state index in [2.05, 4.69) is 5.32 Å². The molecule has 12 heavy (non-hydrogen) atoms. The van der Waals surface area contributed by atoms with Gasteiger partial charge in [0.15, 0.2) is 0 Å². The fourth-order valence-electron chi connectivity index (χ4n) is 1.66. The van der Waals surface area contributed by atoms with Crippen LogP contribution in [-0.4, -0.2) is 18.5 Å². The number of primary amides is 1. The summed E-state index contributed by atoms with van der Waals surface area (Å²) in [5.74, 6) is 0.514. The van der Waals surface area contributed by atoms with Crippen molar-refractivity contribution in [3.05, 3.63) is 0 Å². The molecule has 1 aliphatic carbocycles. The van der Waals surface area contributed by atoms with E-state index in [9.17, 15) is 4.79 Å². The molecule has 0 saturated heterocycles. The van der Waals surface area contributed by atoms with Gasteiger partial charge in [0.25, 0.3) is 0 Å². The Morgan fingerprint density at radius 3 is 2.67 bits per heavy atom. The van der Waals surface area contributed by atoms with Crippen LogP contribution in [0.1, 0.15) is 32.6 Å². The number of nitrogens with one attached hydrogen (secondary N) is 1. The summed E-state index contributed by atoms with van der Waals surface area (Å²) in [5, 5.41) is 3.15. The highest BCUT2D eigenvalue weighted by atomic mass is 16.1. The zero-order valence-corrected chi connectivity index (χ0v) is 7.68. The maximum atomic E-state index is 10.7. The van der Waals surface area contributed by atoms with Crippen molar-refractivity contribution in [1.82, 2.24) is 5.32 Å². The van der Waals surface area contributed by atoms with E-state index in [1.54, 1.807) is 0 Å². The molecule has 0 aliphatic heterocycles. The molecule has 0 aromatic rings. The molecule has 1 fully saturated rings. The molecule has 1 saturated carbocycles. The van der Waals surface area contributed by atoms with Gasteiger partial charge in [-0.1, -0.05) is 12.8 Å². The van der Waals surface area contributed by atoms with Crippen molar-refractivity contribution >= 4 is 5.91 Å². The minimum atomic E-state index is -0.256. The Balaban J connectivity index is 2.11. The van der Waals surface area contributed by atoms with Gasteiger partial charge in [0.2, 0.25) is 5.91 Å². The molecule has 3 N–H and O–H groups in total. The fraction of sp³-hybridized carbons (Fsp3) is 0.889. The van der Waals surface area contributed by atoms with Crippen LogP contribution < -0.4 is 11.1 Å². The Morgan fingerprint density at radius 1 is 1.58 bits per heavy atom. The van der Waals surface area contributed by atoms with Crippen LogP contribution in [0.25, 0.3) is 0 Å². The number of amides is 1. The molecular weight excluding hydrogens is 152 g/mol. The summed E-state index contributed by atoms with van der Waals surface area (Å²) in [5.41, 5.74) is 5.12. The summed E-state index contributed by atoms with van der Waals surface area (Å²) in [6, 6.07) is -0.175. The largest absolute Gasteiger partial charge is 0.368 e. The molecule has 1 amide bonds. The Morgan fingerprint density at radius 2 is 2.17 bits per heavy atom. The number of hydrogen-bond acceptors (Lipinski definition) is 2. The minimum Gasteiger partial charge on any atom is -0.368 e. The van der Waals surface area contributed by atoms with Crippen LogP contribution in [0, 0.1) is 5.92 Å². The lowest BCUT2D eigenvalue weighted by molar-refractivity contribution is -0.119.